The molecule has 5 rings (SSSR count). The summed E-state index contributed by atoms with van der Waals surface area (Å²) >= 11 is 0. The monoisotopic (exact) mass is 487 g/mol. The zero-order valence-corrected chi connectivity index (χ0v) is 23.4. The predicted octanol–water partition coefficient (Wildman–Crippen LogP) is 5.69. The first-order chi connectivity index (χ1) is 16.9. The second-order valence-corrected chi connectivity index (χ2v) is 12.8. The van der Waals surface area contributed by atoms with Gasteiger partial charge >= 0.3 is 0 Å². The van der Waals surface area contributed by atoms with Crippen LogP contribution in [0, 0.1) is 17.8 Å². The van der Waals surface area contributed by atoms with Crippen LogP contribution >= 0.6 is 0 Å². The molecular formula is C32H43N2O2-. The smallest absolute Gasteiger partial charge is 0.169 e. The Bertz CT molecular complexity index is 1170. The molecule has 0 amide bonds. The summed E-state index contributed by atoms with van der Waals surface area (Å²) in [5.41, 5.74) is 5.32. The van der Waals surface area contributed by atoms with Gasteiger partial charge in [0, 0.05) is 46.8 Å². The minimum absolute atomic E-state index is 0.0113. The molecule has 2 heterocycles. The number of likely N-dealkylation sites (tertiary alicyclic amines) is 1. The molecule has 0 radical (unpaired) electrons. The van der Waals surface area contributed by atoms with Gasteiger partial charge < -0.3 is 10.0 Å². The second kappa shape index (κ2) is 8.62. The molecule has 2 aliphatic heterocycles. The van der Waals surface area contributed by atoms with Gasteiger partial charge in [0.1, 0.15) is 0 Å². The van der Waals surface area contributed by atoms with Crippen molar-refractivity contribution < 1.29 is 9.90 Å². The van der Waals surface area contributed by atoms with Gasteiger partial charge in [-0.2, -0.15) is 0 Å². The van der Waals surface area contributed by atoms with Crippen molar-refractivity contribution in [2.45, 2.75) is 91.3 Å². The molecule has 0 N–H and O–H groups in total. The molecule has 4 heteroatoms. The molecule has 194 valence electrons. The summed E-state index contributed by atoms with van der Waals surface area (Å²) in [6.07, 6.45) is 8.77. The molecule has 0 bridgehead atoms. The fourth-order valence-electron chi connectivity index (χ4n) is 8.01. The van der Waals surface area contributed by atoms with E-state index in [0.717, 1.165) is 31.5 Å². The van der Waals surface area contributed by atoms with Crippen molar-refractivity contribution in [3.8, 4) is 0 Å². The lowest BCUT2D eigenvalue weighted by Gasteiger charge is -2.52. The fraction of sp³-hybridized carbons (Fsp3) is 0.594. The zero-order chi connectivity index (χ0) is 26.2. The van der Waals surface area contributed by atoms with Gasteiger partial charge in [-0.25, -0.2) is 0 Å². The Labute approximate surface area is 217 Å². The van der Waals surface area contributed by atoms with Crippen LogP contribution in [0.3, 0.4) is 0 Å². The number of rotatable bonds is 4. The highest BCUT2D eigenvalue weighted by Gasteiger charge is 2.45. The molecule has 5 atom stereocenters. The number of carbonyl (C=O) groups is 1. The van der Waals surface area contributed by atoms with E-state index < -0.39 is 5.92 Å². The first-order valence-corrected chi connectivity index (χ1v) is 13.9. The van der Waals surface area contributed by atoms with Crippen molar-refractivity contribution in [3.05, 3.63) is 58.9 Å². The van der Waals surface area contributed by atoms with E-state index >= 15 is 0 Å². The molecule has 2 aliphatic carbocycles. The summed E-state index contributed by atoms with van der Waals surface area (Å²) in [5, 5.41) is 13.5. The number of Topliss-reactive ketones (excluding diaryl/α,β-unsaturated/α-hetero) is 1. The lowest BCUT2D eigenvalue weighted by molar-refractivity contribution is -0.316. The number of hydrogen-bond acceptors (Lipinski definition) is 4. The van der Waals surface area contributed by atoms with Crippen LogP contribution < -0.4 is 10.0 Å². The van der Waals surface area contributed by atoms with Gasteiger partial charge in [0.05, 0.1) is 0 Å². The lowest BCUT2D eigenvalue weighted by Crippen LogP contribution is -2.56. The molecule has 0 aromatic heterocycles. The second-order valence-electron chi connectivity index (χ2n) is 12.8. The van der Waals surface area contributed by atoms with Crippen molar-refractivity contribution >= 4 is 17.0 Å². The molecular weight excluding hydrogens is 444 g/mol. The third-order valence-corrected chi connectivity index (χ3v) is 9.50. The van der Waals surface area contributed by atoms with E-state index in [1.807, 2.05) is 6.07 Å². The minimum atomic E-state index is -0.568. The molecule has 1 aromatic rings. The number of carbonyl (C=O) groups excluding carboxylic acids is 1. The maximum Gasteiger partial charge on any atom is 0.169 e. The van der Waals surface area contributed by atoms with Crippen LogP contribution in [-0.4, -0.2) is 40.9 Å². The third kappa shape index (κ3) is 3.70. The zero-order valence-electron chi connectivity index (χ0n) is 23.4. The molecule has 1 aromatic carbocycles. The number of ketones is 1. The van der Waals surface area contributed by atoms with Crippen LogP contribution in [0.1, 0.15) is 85.3 Å². The van der Waals surface area contributed by atoms with E-state index in [9.17, 15) is 9.90 Å². The molecule has 0 saturated carbocycles. The van der Waals surface area contributed by atoms with Gasteiger partial charge in [-0.15, -0.1) is 5.76 Å². The summed E-state index contributed by atoms with van der Waals surface area (Å²) in [4.78, 5) is 18.5. The van der Waals surface area contributed by atoms with Gasteiger partial charge in [0.15, 0.2) is 5.78 Å². The van der Waals surface area contributed by atoms with Crippen molar-refractivity contribution in [2.24, 2.45) is 17.8 Å². The molecule has 5 unspecified atom stereocenters. The quantitative estimate of drug-likeness (QED) is 0.512. The van der Waals surface area contributed by atoms with Gasteiger partial charge in [0.2, 0.25) is 0 Å². The lowest BCUT2D eigenvalue weighted by atomic mass is 9.67. The SMILES string of the molecule is CCN1c2ccc(C3=C([O-])C(C4C=CC5C(=C4)C(C)CC(C)(C)N5CC)C3=O)cc2C(C)CC1(C)C. The van der Waals surface area contributed by atoms with Crippen LogP contribution in [-0.2, 0) is 4.79 Å². The number of allylic oxidation sites excluding steroid dienone is 4. The number of benzene rings is 1. The van der Waals surface area contributed by atoms with Crippen molar-refractivity contribution in [2.75, 3.05) is 18.0 Å². The van der Waals surface area contributed by atoms with Crippen molar-refractivity contribution in [1.82, 2.24) is 4.90 Å². The average Bonchev–Trinajstić information content (AvgIpc) is 2.79. The molecule has 1 fully saturated rings. The Morgan fingerprint density at radius 3 is 2.31 bits per heavy atom. The number of piperidine rings is 1. The van der Waals surface area contributed by atoms with Crippen LogP contribution in [0.2, 0.25) is 0 Å². The minimum Gasteiger partial charge on any atom is -0.874 e. The van der Waals surface area contributed by atoms with Crippen molar-refractivity contribution in [3.63, 3.8) is 0 Å². The van der Waals surface area contributed by atoms with E-state index in [0.29, 0.717) is 17.4 Å². The highest BCUT2D eigenvalue weighted by molar-refractivity contribution is 6.29. The van der Waals surface area contributed by atoms with Crippen LogP contribution in [0.25, 0.3) is 5.57 Å². The summed E-state index contributed by atoms with van der Waals surface area (Å²) in [5.74, 6) is 0.161. The number of anilines is 1. The first-order valence-electron chi connectivity index (χ1n) is 13.9. The highest BCUT2D eigenvalue weighted by Crippen LogP contribution is 2.48. The summed E-state index contributed by atoms with van der Waals surface area (Å²) < 4.78 is 0. The maximum absolute atomic E-state index is 13.5. The largest absolute Gasteiger partial charge is 0.874 e. The van der Waals surface area contributed by atoms with E-state index in [1.54, 1.807) is 0 Å². The van der Waals surface area contributed by atoms with Gasteiger partial charge in [0.25, 0.3) is 0 Å². The Balaban J connectivity index is 1.44. The van der Waals surface area contributed by atoms with Crippen LogP contribution in [0.15, 0.2) is 47.8 Å². The summed E-state index contributed by atoms with van der Waals surface area (Å²) in [6.45, 7) is 20.1. The van der Waals surface area contributed by atoms with E-state index in [1.165, 1.54) is 16.8 Å². The number of likely N-dealkylation sites (N-methyl/N-ethyl adjacent to an activating group) is 1. The Kier molecular flexibility index (Phi) is 6.06. The summed E-state index contributed by atoms with van der Waals surface area (Å²) in [7, 11) is 0. The third-order valence-electron chi connectivity index (χ3n) is 9.50. The fourth-order valence-corrected chi connectivity index (χ4v) is 8.01. The Hall–Kier alpha value is -2.33. The van der Waals surface area contributed by atoms with E-state index in [4.69, 9.17) is 0 Å². The molecule has 4 nitrogen and oxygen atoms in total. The first kappa shape index (κ1) is 25.3. The van der Waals surface area contributed by atoms with Gasteiger partial charge in [-0.3, -0.25) is 9.69 Å². The summed E-state index contributed by atoms with van der Waals surface area (Å²) in [6, 6.07) is 6.51. The number of fused-ring (bicyclic) bond motifs is 2. The Morgan fingerprint density at radius 1 is 0.972 bits per heavy atom. The average molecular weight is 488 g/mol. The van der Waals surface area contributed by atoms with E-state index in [-0.39, 0.29) is 34.6 Å². The topological polar surface area (TPSA) is 46.6 Å². The highest BCUT2D eigenvalue weighted by atomic mass is 16.3. The standard InChI is InChI=1S/C32H44N2O2/c1-9-33-25-13-11-21(15-23(25)19(3)17-31(33,5)6)27-29(35)28(30(27)36)22-12-14-26-24(16-22)20(4)18-32(7,8)34(26)10-2/h11-16,19-21,25,27,35H,9-10,17-18H2,1-8H3/p-1. The number of nitrogens with zero attached hydrogens (tertiary/aromatic N) is 2. The molecule has 1 saturated heterocycles. The van der Waals surface area contributed by atoms with Gasteiger partial charge in [-0.05, 0) is 94.7 Å². The molecule has 36 heavy (non-hydrogen) atoms. The maximum atomic E-state index is 13.5. The predicted molar refractivity (Wildman–Crippen MR) is 147 cm³/mol. The number of hydrogen-bond donors (Lipinski definition) is 0. The van der Waals surface area contributed by atoms with E-state index in [2.05, 4.69) is 95.6 Å². The van der Waals surface area contributed by atoms with Crippen LogP contribution in [0.4, 0.5) is 5.69 Å². The normalized spacial score (nSPS) is 33.1. The molecule has 4 aliphatic rings. The van der Waals surface area contributed by atoms with Crippen molar-refractivity contribution in [1.29, 1.82) is 0 Å². The Morgan fingerprint density at radius 2 is 1.67 bits per heavy atom. The van der Waals surface area contributed by atoms with Gasteiger partial charge in [-0.1, -0.05) is 45.1 Å². The van der Waals surface area contributed by atoms with Crippen LogP contribution in [0.5, 0.6) is 0 Å². The molecule has 0 spiro atoms.